The van der Waals surface area contributed by atoms with E-state index in [-0.39, 0.29) is 27.3 Å². The third-order valence-electron chi connectivity index (χ3n) is 6.01. The monoisotopic (exact) mass is 482 g/mol. The number of nitrogens with zero attached hydrogens (tertiary/aromatic N) is 1. The number of hydrogen-bond acceptors (Lipinski definition) is 3. The molecule has 0 aliphatic carbocycles. The average molecular weight is 483 g/mol. The molecule has 1 heterocycles. The van der Waals surface area contributed by atoms with Gasteiger partial charge in [-0.25, -0.2) is 8.42 Å². The molecule has 1 aliphatic heterocycles. The van der Waals surface area contributed by atoms with Crippen LogP contribution in [-0.4, -0.2) is 38.3 Å². The summed E-state index contributed by atoms with van der Waals surface area (Å²) in [4.78, 5) is 13.0. The molecule has 1 N–H and O–H groups in total. The largest absolute Gasteiger partial charge is 0.352 e. The van der Waals surface area contributed by atoms with Gasteiger partial charge in [0.1, 0.15) is 0 Å². The molecule has 0 unspecified atom stereocenters. The van der Waals surface area contributed by atoms with Gasteiger partial charge in [0, 0.05) is 25.6 Å². The van der Waals surface area contributed by atoms with E-state index >= 15 is 0 Å². The Labute approximate surface area is 200 Å². The quantitative estimate of drug-likeness (QED) is 0.487. The topological polar surface area (TPSA) is 66.5 Å². The van der Waals surface area contributed by atoms with Gasteiger partial charge in [0.05, 0.1) is 15.5 Å². The van der Waals surface area contributed by atoms with Crippen molar-refractivity contribution in [3.63, 3.8) is 0 Å². The second-order valence-electron chi connectivity index (χ2n) is 8.17. The van der Waals surface area contributed by atoms with Crippen LogP contribution in [0.3, 0.4) is 0 Å². The van der Waals surface area contributed by atoms with Crippen molar-refractivity contribution in [3.8, 4) is 0 Å². The van der Waals surface area contributed by atoms with Crippen molar-refractivity contribution in [3.05, 3.63) is 101 Å². The maximum Gasteiger partial charge on any atom is 0.252 e. The average Bonchev–Trinajstić information content (AvgIpc) is 3.39. The summed E-state index contributed by atoms with van der Waals surface area (Å²) in [5.41, 5.74) is 2.53. The number of amides is 1. The Balaban J connectivity index is 1.48. The third-order valence-corrected chi connectivity index (χ3v) is 8.23. The van der Waals surface area contributed by atoms with E-state index in [1.165, 1.54) is 33.6 Å². The lowest BCUT2D eigenvalue weighted by Crippen LogP contribution is -2.29. The van der Waals surface area contributed by atoms with Gasteiger partial charge < -0.3 is 5.32 Å². The summed E-state index contributed by atoms with van der Waals surface area (Å²) >= 11 is 6.26. The van der Waals surface area contributed by atoms with Crippen molar-refractivity contribution < 1.29 is 13.2 Å². The van der Waals surface area contributed by atoms with E-state index in [1.807, 2.05) is 36.4 Å². The summed E-state index contributed by atoms with van der Waals surface area (Å²) in [5, 5.41) is 3.16. The summed E-state index contributed by atoms with van der Waals surface area (Å²) in [7, 11) is -3.62. The zero-order valence-electron chi connectivity index (χ0n) is 18.3. The lowest BCUT2D eigenvalue weighted by atomic mass is 9.88. The van der Waals surface area contributed by atoms with E-state index in [1.54, 1.807) is 0 Å². The fourth-order valence-corrected chi connectivity index (χ4v) is 5.99. The minimum absolute atomic E-state index is 0.102. The van der Waals surface area contributed by atoms with Crippen LogP contribution < -0.4 is 5.32 Å². The number of benzene rings is 3. The van der Waals surface area contributed by atoms with E-state index in [9.17, 15) is 13.2 Å². The molecule has 5 nitrogen and oxygen atoms in total. The van der Waals surface area contributed by atoms with Crippen LogP contribution in [0.1, 0.15) is 46.7 Å². The highest BCUT2D eigenvalue weighted by Gasteiger charge is 2.28. The van der Waals surface area contributed by atoms with E-state index in [4.69, 9.17) is 11.6 Å². The standard InChI is InChI=1S/C26H27ClN2O3S/c27-25-14-13-22(33(31,32)29-17-7-8-18-29)19-24(25)26(30)28-16-15-23(20-9-3-1-4-10-20)21-11-5-2-6-12-21/h1-6,9-14,19,23H,7-8,15-18H2,(H,28,30). The van der Waals surface area contributed by atoms with Gasteiger partial charge in [0.2, 0.25) is 10.0 Å². The highest BCUT2D eigenvalue weighted by Crippen LogP contribution is 2.28. The van der Waals surface area contributed by atoms with Crippen LogP contribution in [0.25, 0.3) is 0 Å². The Kier molecular flexibility index (Phi) is 7.48. The molecular formula is C26H27ClN2O3S. The second-order valence-corrected chi connectivity index (χ2v) is 10.5. The number of rotatable bonds is 8. The molecule has 0 radical (unpaired) electrons. The Morgan fingerprint density at radius 1 is 0.909 bits per heavy atom. The number of sulfonamides is 1. The lowest BCUT2D eigenvalue weighted by molar-refractivity contribution is 0.0952. The summed E-state index contributed by atoms with van der Waals surface area (Å²) in [6.45, 7) is 1.44. The number of nitrogens with one attached hydrogen (secondary N) is 1. The molecule has 1 amide bonds. The minimum atomic E-state index is -3.62. The Morgan fingerprint density at radius 3 is 2.06 bits per heavy atom. The van der Waals surface area contributed by atoms with Crippen LogP contribution >= 0.6 is 11.6 Å². The molecule has 33 heavy (non-hydrogen) atoms. The van der Waals surface area contributed by atoms with Crippen molar-refractivity contribution in [1.29, 1.82) is 0 Å². The Morgan fingerprint density at radius 2 is 1.48 bits per heavy atom. The normalized spacial score (nSPS) is 14.5. The maximum atomic E-state index is 12.9. The molecule has 3 aromatic rings. The Hall–Kier alpha value is -2.67. The number of halogens is 1. The summed E-state index contributed by atoms with van der Waals surface area (Å²) in [6, 6.07) is 24.7. The van der Waals surface area contributed by atoms with Gasteiger partial charge in [-0.05, 0) is 48.6 Å². The van der Waals surface area contributed by atoms with E-state index in [0.717, 1.165) is 12.8 Å². The fourth-order valence-electron chi connectivity index (χ4n) is 4.24. The maximum absolute atomic E-state index is 12.9. The number of carbonyl (C=O) groups excluding carboxylic acids is 1. The molecule has 0 bridgehead atoms. The first kappa shape index (κ1) is 23.5. The van der Waals surface area contributed by atoms with Crippen LogP contribution in [-0.2, 0) is 10.0 Å². The van der Waals surface area contributed by atoms with Crippen LogP contribution in [0.4, 0.5) is 0 Å². The van der Waals surface area contributed by atoms with Gasteiger partial charge in [-0.15, -0.1) is 0 Å². The minimum Gasteiger partial charge on any atom is -0.352 e. The summed E-state index contributed by atoms with van der Waals surface area (Å²) in [6.07, 6.45) is 2.40. The van der Waals surface area contributed by atoms with Crippen LogP contribution in [0.15, 0.2) is 83.8 Å². The van der Waals surface area contributed by atoms with Crippen molar-refractivity contribution in [2.24, 2.45) is 0 Å². The highest BCUT2D eigenvalue weighted by atomic mass is 35.5. The molecule has 4 rings (SSSR count). The van der Waals surface area contributed by atoms with E-state index < -0.39 is 10.0 Å². The van der Waals surface area contributed by atoms with Crippen molar-refractivity contribution in [2.45, 2.75) is 30.1 Å². The second kappa shape index (κ2) is 10.5. The smallest absolute Gasteiger partial charge is 0.252 e. The molecule has 7 heteroatoms. The zero-order valence-corrected chi connectivity index (χ0v) is 19.9. The molecule has 0 spiro atoms. The van der Waals surface area contributed by atoms with Crippen molar-refractivity contribution in [1.82, 2.24) is 9.62 Å². The molecule has 0 atom stereocenters. The van der Waals surface area contributed by atoms with Gasteiger partial charge in [-0.1, -0.05) is 72.3 Å². The third kappa shape index (κ3) is 5.46. The molecule has 3 aromatic carbocycles. The predicted octanol–water partition coefficient (Wildman–Crippen LogP) is 5.08. The molecule has 0 aromatic heterocycles. The molecule has 1 fully saturated rings. The summed E-state index contributed by atoms with van der Waals surface area (Å²) < 4.78 is 27.2. The Bertz CT molecular complexity index is 1160. The molecule has 1 saturated heterocycles. The predicted molar refractivity (Wildman–Crippen MR) is 131 cm³/mol. The molecule has 1 aliphatic rings. The van der Waals surface area contributed by atoms with Gasteiger partial charge in [-0.3, -0.25) is 4.79 Å². The van der Waals surface area contributed by atoms with E-state index in [0.29, 0.717) is 26.1 Å². The highest BCUT2D eigenvalue weighted by molar-refractivity contribution is 7.89. The first-order valence-corrected chi connectivity index (χ1v) is 13.0. The molecular weight excluding hydrogens is 456 g/mol. The number of carbonyl (C=O) groups is 1. The van der Waals surface area contributed by atoms with Crippen molar-refractivity contribution in [2.75, 3.05) is 19.6 Å². The summed E-state index contributed by atoms with van der Waals surface area (Å²) in [5.74, 6) is -0.247. The zero-order chi connectivity index (χ0) is 23.3. The van der Waals surface area contributed by atoms with Crippen LogP contribution in [0, 0.1) is 0 Å². The van der Waals surface area contributed by atoms with Crippen LogP contribution in [0.5, 0.6) is 0 Å². The molecule has 0 saturated carbocycles. The van der Waals surface area contributed by atoms with Gasteiger partial charge in [-0.2, -0.15) is 4.31 Å². The SMILES string of the molecule is O=C(NCCC(c1ccccc1)c1ccccc1)c1cc(S(=O)(=O)N2CCCC2)ccc1Cl. The number of hydrogen-bond donors (Lipinski definition) is 1. The lowest BCUT2D eigenvalue weighted by Gasteiger charge is -2.19. The van der Waals surface area contributed by atoms with Crippen LogP contribution in [0.2, 0.25) is 5.02 Å². The molecule has 172 valence electrons. The fraction of sp³-hybridized carbons (Fsp3) is 0.269. The van der Waals surface area contributed by atoms with Gasteiger partial charge in [0.15, 0.2) is 0 Å². The van der Waals surface area contributed by atoms with E-state index in [2.05, 4.69) is 29.6 Å². The van der Waals surface area contributed by atoms with Gasteiger partial charge >= 0.3 is 0 Å². The van der Waals surface area contributed by atoms with Crippen molar-refractivity contribution >= 4 is 27.5 Å². The van der Waals surface area contributed by atoms with Gasteiger partial charge in [0.25, 0.3) is 5.91 Å². The first-order chi connectivity index (χ1) is 16.0. The first-order valence-electron chi connectivity index (χ1n) is 11.1.